The summed E-state index contributed by atoms with van der Waals surface area (Å²) in [6, 6.07) is 25.2. The van der Waals surface area contributed by atoms with Crippen molar-refractivity contribution in [1.29, 1.82) is 0 Å². The van der Waals surface area contributed by atoms with Gasteiger partial charge in [-0.25, -0.2) is 0 Å². The molecule has 0 aliphatic carbocycles. The largest absolute Gasteiger partial charge is 0.494 e. The maximum absolute atomic E-state index is 13.0. The maximum Gasteiger partial charge on any atom is 0.274 e. The number of nitrogens with one attached hydrogen (secondary N) is 2. The van der Waals surface area contributed by atoms with Crippen LogP contribution < -0.4 is 20.1 Å². The third kappa shape index (κ3) is 7.44. The fraction of sp³-hybridized carbons (Fsp3) is 0.207. The molecule has 0 spiro atoms. The Morgan fingerprint density at radius 1 is 0.811 bits per heavy atom. The predicted octanol–water partition coefficient (Wildman–Crippen LogP) is 5.65. The number of rotatable bonds is 12. The van der Waals surface area contributed by atoms with Gasteiger partial charge in [0.15, 0.2) is 0 Å². The molecule has 8 nitrogen and oxygen atoms in total. The molecule has 0 saturated carbocycles. The quantitative estimate of drug-likeness (QED) is 0.244. The molecule has 0 aliphatic heterocycles. The molecule has 2 N–H and O–H groups in total. The second kappa shape index (κ2) is 12.9. The van der Waals surface area contributed by atoms with Gasteiger partial charge in [-0.1, -0.05) is 54.6 Å². The van der Waals surface area contributed by atoms with E-state index in [2.05, 4.69) is 20.7 Å². The molecule has 0 saturated heterocycles. The summed E-state index contributed by atoms with van der Waals surface area (Å²) in [6.45, 7) is 6.12. The maximum atomic E-state index is 13.0. The average molecular weight is 498 g/mol. The number of carbonyl (C=O) groups is 1. The minimum Gasteiger partial charge on any atom is -0.494 e. The molecule has 4 aromatic rings. The van der Waals surface area contributed by atoms with Crippen LogP contribution >= 0.6 is 0 Å². The molecule has 0 bridgehead atoms. The number of anilines is 2. The minimum atomic E-state index is -0.306. The number of carbonyl (C=O) groups excluding carboxylic acids is 1. The van der Waals surface area contributed by atoms with Crippen molar-refractivity contribution >= 4 is 23.9 Å². The summed E-state index contributed by atoms with van der Waals surface area (Å²) in [7, 11) is 0. The normalized spacial score (nSPS) is 10.9. The van der Waals surface area contributed by atoms with Gasteiger partial charge in [-0.3, -0.25) is 4.79 Å². The van der Waals surface area contributed by atoms with E-state index >= 15 is 0 Å². The fourth-order valence-electron chi connectivity index (χ4n) is 3.56. The number of ether oxygens (including phenoxy) is 2. The van der Waals surface area contributed by atoms with E-state index in [0.29, 0.717) is 38.2 Å². The third-order valence-corrected chi connectivity index (χ3v) is 5.40. The molecule has 0 atom stereocenters. The predicted molar refractivity (Wildman–Crippen MR) is 146 cm³/mol. The molecule has 37 heavy (non-hydrogen) atoms. The first kappa shape index (κ1) is 25.5. The molecule has 0 radical (unpaired) electrons. The molecular formula is C29H31N5O3. The summed E-state index contributed by atoms with van der Waals surface area (Å²) in [6.07, 6.45) is 3.25. The monoisotopic (exact) mass is 497 g/mol. The number of aromatic nitrogens is 3. The number of hydrogen-bond donors (Lipinski definition) is 2. The van der Waals surface area contributed by atoms with Crippen molar-refractivity contribution in [3.05, 3.63) is 102 Å². The van der Waals surface area contributed by atoms with Gasteiger partial charge in [-0.2, -0.15) is 9.67 Å². The Balaban J connectivity index is 1.48. The van der Waals surface area contributed by atoms with Crippen LogP contribution in [0.3, 0.4) is 0 Å². The van der Waals surface area contributed by atoms with Crippen LogP contribution in [0.4, 0.5) is 11.9 Å². The summed E-state index contributed by atoms with van der Waals surface area (Å²) in [5, 5.41) is 10.9. The lowest BCUT2D eigenvalue weighted by molar-refractivity contribution is 0.0957. The van der Waals surface area contributed by atoms with E-state index < -0.39 is 0 Å². The Labute approximate surface area is 217 Å². The van der Waals surface area contributed by atoms with Crippen LogP contribution in [0.1, 0.15) is 35.3 Å². The lowest BCUT2D eigenvalue weighted by Crippen LogP contribution is -2.14. The van der Waals surface area contributed by atoms with Gasteiger partial charge in [0.2, 0.25) is 11.9 Å². The van der Waals surface area contributed by atoms with Crippen molar-refractivity contribution in [2.75, 3.05) is 23.8 Å². The Kier molecular flexibility index (Phi) is 8.91. The van der Waals surface area contributed by atoms with Gasteiger partial charge in [0.05, 0.1) is 13.2 Å². The molecule has 190 valence electrons. The highest BCUT2D eigenvalue weighted by Gasteiger charge is 2.14. The summed E-state index contributed by atoms with van der Waals surface area (Å²) in [5.41, 5.74) is 2.99. The molecule has 3 aromatic carbocycles. The molecule has 0 fully saturated rings. The lowest BCUT2D eigenvalue weighted by Gasteiger charge is -2.07. The highest BCUT2D eigenvalue weighted by atomic mass is 16.5. The molecule has 1 aromatic heterocycles. The van der Waals surface area contributed by atoms with E-state index in [1.165, 1.54) is 10.8 Å². The first-order valence-electron chi connectivity index (χ1n) is 12.3. The van der Waals surface area contributed by atoms with Gasteiger partial charge in [0.1, 0.15) is 11.5 Å². The van der Waals surface area contributed by atoms with Gasteiger partial charge in [0.25, 0.3) is 5.91 Å². The lowest BCUT2D eigenvalue weighted by atomic mass is 10.2. The molecule has 0 unspecified atom stereocenters. The van der Waals surface area contributed by atoms with Gasteiger partial charge in [0, 0.05) is 19.2 Å². The smallest absolute Gasteiger partial charge is 0.274 e. The van der Waals surface area contributed by atoms with Gasteiger partial charge in [-0.05, 0) is 60.9 Å². The van der Waals surface area contributed by atoms with Crippen molar-refractivity contribution < 1.29 is 14.3 Å². The van der Waals surface area contributed by atoms with Crippen LogP contribution in [-0.4, -0.2) is 33.9 Å². The zero-order valence-corrected chi connectivity index (χ0v) is 21.1. The van der Waals surface area contributed by atoms with Crippen LogP contribution in [0.5, 0.6) is 11.5 Å². The SMILES string of the molecule is CCOc1ccc(CNc2nc(NCc3ccc(OCC)cc3)n(C(=O)/C=C/c3ccccc3)n2)cc1. The topological polar surface area (TPSA) is 90.3 Å². The second-order valence-corrected chi connectivity index (χ2v) is 8.11. The first-order chi connectivity index (χ1) is 18.1. The summed E-state index contributed by atoms with van der Waals surface area (Å²) >= 11 is 0. The van der Waals surface area contributed by atoms with Crippen LogP contribution in [0, 0.1) is 0 Å². The summed E-state index contributed by atoms with van der Waals surface area (Å²) < 4.78 is 12.3. The van der Waals surface area contributed by atoms with Crippen molar-refractivity contribution in [2.24, 2.45) is 0 Å². The van der Waals surface area contributed by atoms with Gasteiger partial charge in [-0.15, -0.1) is 5.10 Å². The van der Waals surface area contributed by atoms with Crippen molar-refractivity contribution in [2.45, 2.75) is 26.9 Å². The van der Waals surface area contributed by atoms with Crippen molar-refractivity contribution in [3.8, 4) is 11.5 Å². The standard InChI is InChI=1S/C29H31N5O3/c1-3-36-25-15-10-23(11-16-25)20-30-28-32-29(31-21-24-12-17-26(18-13-24)37-4-2)34(33-28)27(35)19-14-22-8-6-5-7-9-22/h5-19H,3-4,20-21H2,1-2H3,(H2,30,31,32,33)/b19-14+. The number of nitrogens with zero attached hydrogens (tertiary/aromatic N) is 3. The molecule has 1 heterocycles. The zero-order chi connectivity index (χ0) is 25.9. The minimum absolute atomic E-state index is 0.306. The molecule has 8 heteroatoms. The number of benzene rings is 3. The highest BCUT2D eigenvalue weighted by Crippen LogP contribution is 2.17. The number of hydrogen-bond acceptors (Lipinski definition) is 7. The van der Waals surface area contributed by atoms with E-state index in [-0.39, 0.29) is 5.91 Å². The van der Waals surface area contributed by atoms with Crippen molar-refractivity contribution in [3.63, 3.8) is 0 Å². The van der Waals surface area contributed by atoms with E-state index in [4.69, 9.17) is 9.47 Å². The van der Waals surface area contributed by atoms with Crippen LogP contribution in [0.2, 0.25) is 0 Å². The Bertz CT molecular complexity index is 1300. The van der Waals surface area contributed by atoms with E-state index in [9.17, 15) is 4.79 Å². The molecule has 0 amide bonds. The second-order valence-electron chi connectivity index (χ2n) is 8.11. The van der Waals surface area contributed by atoms with E-state index in [1.807, 2.05) is 92.7 Å². The highest BCUT2D eigenvalue weighted by molar-refractivity contribution is 5.94. The molecule has 0 aliphatic rings. The Morgan fingerprint density at radius 3 is 1.95 bits per heavy atom. The van der Waals surface area contributed by atoms with Gasteiger partial charge >= 0.3 is 0 Å². The van der Waals surface area contributed by atoms with Gasteiger partial charge < -0.3 is 20.1 Å². The number of allylic oxidation sites excluding steroid dienone is 1. The third-order valence-electron chi connectivity index (χ3n) is 5.40. The average Bonchev–Trinajstić information content (AvgIpc) is 3.35. The fourth-order valence-corrected chi connectivity index (χ4v) is 3.56. The van der Waals surface area contributed by atoms with E-state index in [1.54, 1.807) is 6.08 Å². The Morgan fingerprint density at radius 2 is 1.38 bits per heavy atom. The molecule has 4 rings (SSSR count). The van der Waals surface area contributed by atoms with Crippen LogP contribution in [-0.2, 0) is 13.1 Å². The summed E-state index contributed by atoms with van der Waals surface area (Å²) in [4.78, 5) is 17.6. The van der Waals surface area contributed by atoms with E-state index in [0.717, 1.165) is 28.2 Å². The zero-order valence-electron chi connectivity index (χ0n) is 21.1. The Hall–Kier alpha value is -4.59. The van der Waals surface area contributed by atoms with Crippen LogP contribution in [0.25, 0.3) is 6.08 Å². The molecular weight excluding hydrogens is 466 g/mol. The first-order valence-corrected chi connectivity index (χ1v) is 12.3. The van der Waals surface area contributed by atoms with Crippen molar-refractivity contribution in [1.82, 2.24) is 14.8 Å². The summed E-state index contributed by atoms with van der Waals surface area (Å²) in [5.74, 6) is 2.04. The van der Waals surface area contributed by atoms with Crippen LogP contribution in [0.15, 0.2) is 84.9 Å².